The van der Waals surface area contributed by atoms with Crippen molar-refractivity contribution in [3.8, 4) is 0 Å². The van der Waals surface area contributed by atoms with Crippen molar-refractivity contribution < 1.29 is 4.79 Å². The van der Waals surface area contributed by atoms with Crippen LogP contribution in [0.5, 0.6) is 0 Å². The van der Waals surface area contributed by atoms with E-state index in [4.69, 9.17) is 0 Å². The fourth-order valence-electron chi connectivity index (χ4n) is 3.40. The minimum Gasteiger partial charge on any atom is -0.340 e. The number of carbonyl (C=O) groups excluding carboxylic acids is 1. The molecule has 1 unspecified atom stereocenters. The summed E-state index contributed by atoms with van der Waals surface area (Å²) in [5, 5.41) is 3.29. The first-order chi connectivity index (χ1) is 9.66. The monoisotopic (exact) mass is 317 g/mol. The van der Waals surface area contributed by atoms with E-state index in [2.05, 4.69) is 24.1 Å². The van der Waals surface area contributed by atoms with E-state index in [1.807, 2.05) is 4.90 Å². The maximum atomic E-state index is 12.2. The lowest BCUT2D eigenvalue weighted by atomic mass is 9.89. The zero-order valence-electron chi connectivity index (χ0n) is 13.6. The van der Waals surface area contributed by atoms with Crippen molar-refractivity contribution in [2.75, 3.05) is 45.8 Å². The normalized spacial score (nSPS) is 24.5. The quantitative estimate of drug-likeness (QED) is 0.861. The Labute approximate surface area is 136 Å². The Kier molecular flexibility index (Phi) is 8.60. The maximum absolute atomic E-state index is 12.2. The molecule has 2 aliphatic heterocycles. The molecule has 0 bridgehead atoms. The van der Waals surface area contributed by atoms with Gasteiger partial charge in [-0.2, -0.15) is 0 Å². The average molecular weight is 318 g/mol. The van der Waals surface area contributed by atoms with Gasteiger partial charge in [-0.15, -0.1) is 12.4 Å². The summed E-state index contributed by atoms with van der Waals surface area (Å²) in [7, 11) is 0. The summed E-state index contributed by atoms with van der Waals surface area (Å²) < 4.78 is 0. The van der Waals surface area contributed by atoms with Gasteiger partial charge in [-0.1, -0.05) is 13.8 Å². The van der Waals surface area contributed by atoms with Crippen LogP contribution in [0.1, 0.15) is 39.5 Å². The Balaban J connectivity index is 0.00000220. The molecular formula is C16H32ClN3O. The lowest BCUT2D eigenvalue weighted by molar-refractivity contribution is -0.132. The van der Waals surface area contributed by atoms with Gasteiger partial charge in [0, 0.05) is 39.1 Å². The van der Waals surface area contributed by atoms with E-state index in [1.165, 1.54) is 32.4 Å². The predicted molar refractivity (Wildman–Crippen MR) is 89.9 cm³/mol. The van der Waals surface area contributed by atoms with Gasteiger partial charge in [-0.25, -0.2) is 0 Å². The summed E-state index contributed by atoms with van der Waals surface area (Å²) in [6, 6.07) is 0. The van der Waals surface area contributed by atoms with Gasteiger partial charge in [0.15, 0.2) is 0 Å². The second-order valence-corrected chi connectivity index (χ2v) is 6.66. The van der Waals surface area contributed by atoms with E-state index in [1.54, 1.807) is 0 Å². The molecule has 0 radical (unpaired) electrons. The SMILES string of the molecule is CC(C)C1CCCN(CCC(=O)N2CCNCC2)CC1.Cl. The fraction of sp³-hybridized carbons (Fsp3) is 0.938. The van der Waals surface area contributed by atoms with Gasteiger partial charge in [-0.05, 0) is 44.2 Å². The van der Waals surface area contributed by atoms with Crippen LogP contribution in [0.3, 0.4) is 0 Å². The van der Waals surface area contributed by atoms with Crippen LogP contribution in [-0.2, 0) is 4.79 Å². The van der Waals surface area contributed by atoms with E-state index in [9.17, 15) is 4.79 Å². The van der Waals surface area contributed by atoms with E-state index < -0.39 is 0 Å². The molecule has 1 atom stereocenters. The molecule has 21 heavy (non-hydrogen) atoms. The molecule has 0 aromatic carbocycles. The van der Waals surface area contributed by atoms with E-state index in [-0.39, 0.29) is 12.4 Å². The molecule has 2 heterocycles. The van der Waals surface area contributed by atoms with Crippen molar-refractivity contribution >= 4 is 18.3 Å². The fourth-order valence-corrected chi connectivity index (χ4v) is 3.40. The Morgan fingerprint density at radius 2 is 1.86 bits per heavy atom. The van der Waals surface area contributed by atoms with Crippen LogP contribution >= 0.6 is 12.4 Å². The summed E-state index contributed by atoms with van der Waals surface area (Å²) in [6.07, 6.45) is 4.66. The Morgan fingerprint density at radius 1 is 1.14 bits per heavy atom. The minimum atomic E-state index is 0. The average Bonchev–Trinajstić information content (AvgIpc) is 2.71. The molecule has 4 nitrogen and oxygen atoms in total. The number of carbonyl (C=O) groups is 1. The second-order valence-electron chi connectivity index (χ2n) is 6.66. The highest BCUT2D eigenvalue weighted by Crippen LogP contribution is 2.24. The summed E-state index contributed by atoms with van der Waals surface area (Å²) in [5.41, 5.74) is 0. The van der Waals surface area contributed by atoms with Crippen molar-refractivity contribution in [3.05, 3.63) is 0 Å². The molecule has 124 valence electrons. The number of likely N-dealkylation sites (tertiary alicyclic amines) is 1. The second kappa shape index (κ2) is 9.65. The van der Waals surface area contributed by atoms with Crippen LogP contribution in [0.15, 0.2) is 0 Å². The summed E-state index contributed by atoms with van der Waals surface area (Å²) in [5.74, 6) is 2.03. The molecule has 2 aliphatic rings. The zero-order chi connectivity index (χ0) is 14.4. The van der Waals surface area contributed by atoms with Crippen molar-refractivity contribution in [1.29, 1.82) is 0 Å². The van der Waals surface area contributed by atoms with Gasteiger partial charge < -0.3 is 15.1 Å². The summed E-state index contributed by atoms with van der Waals surface area (Å²) in [6.45, 7) is 11.7. The highest BCUT2D eigenvalue weighted by molar-refractivity contribution is 5.85. The van der Waals surface area contributed by atoms with Gasteiger partial charge in [-0.3, -0.25) is 4.79 Å². The van der Waals surface area contributed by atoms with Crippen molar-refractivity contribution in [1.82, 2.24) is 15.1 Å². The molecule has 0 saturated carbocycles. The van der Waals surface area contributed by atoms with Gasteiger partial charge in [0.1, 0.15) is 0 Å². The number of rotatable bonds is 4. The third kappa shape index (κ3) is 6.13. The Bertz CT molecular complexity index is 306. The number of piperazine rings is 1. The third-order valence-corrected chi connectivity index (χ3v) is 4.92. The first-order valence-corrected chi connectivity index (χ1v) is 8.37. The predicted octanol–water partition coefficient (Wildman–Crippen LogP) is 1.99. The van der Waals surface area contributed by atoms with E-state index in [0.29, 0.717) is 12.3 Å². The number of amides is 1. The first-order valence-electron chi connectivity index (χ1n) is 8.37. The van der Waals surface area contributed by atoms with Gasteiger partial charge in [0.2, 0.25) is 5.91 Å². The van der Waals surface area contributed by atoms with Crippen molar-refractivity contribution in [2.45, 2.75) is 39.5 Å². The van der Waals surface area contributed by atoms with Gasteiger partial charge in [0.25, 0.3) is 0 Å². The molecule has 0 spiro atoms. The molecule has 5 heteroatoms. The number of hydrogen-bond acceptors (Lipinski definition) is 3. The molecule has 2 rings (SSSR count). The smallest absolute Gasteiger partial charge is 0.223 e. The molecule has 1 N–H and O–H groups in total. The molecular weight excluding hydrogens is 286 g/mol. The zero-order valence-corrected chi connectivity index (χ0v) is 14.5. The van der Waals surface area contributed by atoms with Crippen LogP contribution in [-0.4, -0.2) is 61.5 Å². The Hall–Kier alpha value is -0.320. The number of nitrogens with zero attached hydrogens (tertiary/aromatic N) is 2. The van der Waals surface area contributed by atoms with Crippen LogP contribution < -0.4 is 5.32 Å². The first kappa shape index (κ1) is 18.7. The van der Waals surface area contributed by atoms with Crippen molar-refractivity contribution in [2.24, 2.45) is 11.8 Å². The van der Waals surface area contributed by atoms with E-state index in [0.717, 1.165) is 44.6 Å². The molecule has 0 aromatic rings. The molecule has 1 amide bonds. The van der Waals surface area contributed by atoms with Gasteiger partial charge in [0.05, 0.1) is 0 Å². The number of hydrogen-bond donors (Lipinski definition) is 1. The topological polar surface area (TPSA) is 35.6 Å². The van der Waals surface area contributed by atoms with Crippen LogP contribution in [0.2, 0.25) is 0 Å². The highest BCUT2D eigenvalue weighted by atomic mass is 35.5. The lowest BCUT2D eigenvalue weighted by Gasteiger charge is -2.28. The van der Waals surface area contributed by atoms with Crippen LogP contribution in [0.25, 0.3) is 0 Å². The molecule has 2 fully saturated rings. The largest absolute Gasteiger partial charge is 0.340 e. The standard InChI is InChI=1S/C16H31N3O.ClH/c1-14(2)15-4-3-9-18(10-5-15)11-6-16(20)19-12-7-17-8-13-19;/h14-15,17H,3-13H2,1-2H3;1H. The summed E-state index contributed by atoms with van der Waals surface area (Å²) in [4.78, 5) is 16.7. The molecule has 0 aromatic heterocycles. The maximum Gasteiger partial charge on any atom is 0.223 e. The van der Waals surface area contributed by atoms with E-state index >= 15 is 0 Å². The molecule has 2 saturated heterocycles. The third-order valence-electron chi connectivity index (χ3n) is 4.92. The Morgan fingerprint density at radius 3 is 2.52 bits per heavy atom. The van der Waals surface area contributed by atoms with Gasteiger partial charge >= 0.3 is 0 Å². The van der Waals surface area contributed by atoms with Crippen molar-refractivity contribution in [3.63, 3.8) is 0 Å². The van der Waals surface area contributed by atoms with Crippen LogP contribution in [0.4, 0.5) is 0 Å². The number of halogens is 1. The minimum absolute atomic E-state index is 0. The lowest BCUT2D eigenvalue weighted by Crippen LogP contribution is -2.47. The highest BCUT2D eigenvalue weighted by Gasteiger charge is 2.21. The molecule has 0 aliphatic carbocycles. The number of nitrogens with one attached hydrogen (secondary N) is 1. The summed E-state index contributed by atoms with van der Waals surface area (Å²) >= 11 is 0. The van der Waals surface area contributed by atoms with Crippen LogP contribution in [0, 0.1) is 11.8 Å².